The summed E-state index contributed by atoms with van der Waals surface area (Å²) in [5.74, 6) is -0.671. The zero-order chi connectivity index (χ0) is 26.2. The van der Waals surface area contributed by atoms with E-state index in [2.05, 4.69) is 4.90 Å². The lowest BCUT2D eigenvalue weighted by Crippen LogP contribution is -2.49. The molecule has 0 spiro atoms. The summed E-state index contributed by atoms with van der Waals surface area (Å²) in [5.41, 5.74) is 1.49. The van der Waals surface area contributed by atoms with E-state index in [1.54, 1.807) is 45.9 Å². The third kappa shape index (κ3) is 4.77. The molecule has 1 amide bonds. The van der Waals surface area contributed by atoms with Crippen LogP contribution in [-0.4, -0.2) is 54.9 Å². The summed E-state index contributed by atoms with van der Waals surface area (Å²) in [6.07, 6.45) is 1.47. The summed E-state index contributed by atoms with van der Waals surface area (Å²) in [6, 6.07) is 17.9. The van der Waals surface area contributed by atoms with Gasteiger partial charge in [0, 0.05) is 61.1 Å². The number of aromatic nitrogens is 1. The van der Waals surface area contributed by atoms with E-state index in [0.717, 1.165) is 17.8 Å². The van der Waals surface area contributed by atoms with Crippen LogP contribution in [0, 0.1) is 15.9 Å². The number of anilines is 1. The molecule has 3 aromatic carbocycles. The van der Waals surface area contributed by atoms with Crippen molar-refractivity contribution < 1.29 is 22.5 Å². The second-order valence-corrected chi connectivity index (χ2v) is 10.7. The quantitative estimate of drug-likeness (QED) is 0.216. The number of hydrogen-bond donors (Lipinski definition) is 0. The molecule has 1 aromatic heterocycles. The molecule has 1 fully saturated rings. The summed E-state index contributed by atoms with van der Waals surface area (Å²) in [4.78, 5) is 27.4. The van der Waals surface area contributed by atoms with Crippen LogP contribution in [0.2, 0.25) is 0 Å². The minimum atomic E-state index is -3.93. The smallest absolute Gasteiger partial charge is 0.269 e. The number of nitro groups is 1. The first-order chi connectivity index (χ1) is 17.7. The Morgan fingerprint density at radius 3 is 2.22 bits per heavy atom. The number of non-ortho nitro benzene ring substituents is 1. The molecular weight excluding hydrogens is 499 g/mol. The van der Waals surface area contributed by atoms with Gasteiger partial charge in [0.05, 0.1) is 14.7 Å². The summed E-state index contributed by atoms with van der Waals surface area (Å²) in [5, 5.41) is 11.4. The summed E-state index contributed by atoms with van der Waals surface area (Å²) < 4.78 is 41.6. The third-order valence-electron chi connectivity index (χ3n) is 6.53. The lowest BCUT2D eigenvalue weighted by Gasteiger charge is -2.36. The van der Waals surface area contributed by atoms with Crippen LogP contribution in [-0.2, 0) is 21.2 Å². The first-order valence-electron chi connectivity index (χ1n) is 11.6. The molecule has 0 unspecified atom stereocenters. The van der Waals surface area contributed by atoms with Crippen LogP contribution in [0.25, 0.3) is 10.9 Å². The Bertz CT molecular complexity index is 1580. The van der Waals surface area contributed by atoms with Crippen molar-refractivity contribution in [3.8, 4) is 0 Å². The third-order valence-corrected chi connectivity index (χ3v) is 8.33. The Morgan fingerprint density at radius 2 is 1.57 bits per heavy atom. The first kappa shape index (κ1) is 24.4. The normalized spacial score (nSPS) is 14.2. The van der Waals surface area contributed by atoms with E-state index in [-0.39, 0.29) is 27.9 Å². The number of rotatable bonds is 6. The highest BCUT2D eigenvalue weighted by Gasteiger charge is 2.26. The van der Waals surface area contributed by atoms with Crippen molar-refractivity contribution in [2.75, 3.05) is 31.1 Å². The summed E-state index contributed by atoms with van der Waals surface area (Å²) in [6.45, 7) is 2.04. The van der Waals surface area contributed by atoms with Gasteiger partial charge in [-0.1, -0.05) is 18.2 Å². The van der Waals surface area contributed by atoms with Gasteiger partial charge < -0.3 is 14.4 Å². The van der Waals surface area contributed by atoms with Crippen molar-refractivity contribution in [3.05, 3.63) is 94.9 Å². The number of halogens is 1. The van der Waals surface area contributed by atoms with Gasteiger partial charge in [0.25, 0.3) is 5.69 Å². The number of carbonyl (C=O) groups excluding carboxylic acids is 1. The number of fused-ring (bicyclic) bond motifs is 1. The lowest BCUT2D eigenvalue weighted by atomic mass is 10.2. The molecule has 2 heterocycles. The van der Waals surface area contributed by atoms with Gasteiger partial charge in [0.1, 0.15) is 12.4 Å². The van der Waals surface area contributed by atoms with E-state index in [1.807, 2.05) is 0 Å². The van der Waals surface area contributed by atoms with Crippen molar-refractivity contribution in [1.82, 2.24) is 9.47 Å². The van der Waals surface area contributed by atoms with Crippen molar-refractivity contribution in [2.24, 2.45) is 0 Å². The Labute approximate surface area is 212 Å². The maximum absolute atomic E-state index is 13.4. The molecule has 1 saturated heterocycles. The number of benzene rings is 3. The average molecular weight is 523 g/mol. The molecule has 190 valence electrons. The van der Waals surface area contributed by atoms with Crippen LogP contribution in [0.4, 0.5) is 15.8 Å². The highest BCUT2D eigenvalue weighted by Crippen LogP contribution is 2.30. The largest absolute Gasteiger partial charge is 0.368 e. The Hall–Kier alpha value is -4.25. The molecule has 0 aliphatic carbocycles. The van der Waals surface area contributed by atoms with Gasteiger partial charge in [-0.3, -0.25) is 14.9 Å². The van der Waals surface area contributed by atoms with Crippen LogP contribution < -0.4 is 4.90 Å². The SMILES string of the molecule is O=C(Cn1cc(S(=O)(=O)c2ccc(F)cc2)c2ccccc21)N1CCN(c2ccc([N+](=O)[O-])cc2)CC1. The molecule has 0 N–H and O–H groups in total. The standard InChI is InChI=1S/C26H23FN4O5S/c27-19-5-11-22(12-6-19)37(35,36)25-17-30(24-4-2-1-3-23(24)25)18-26(32)29-15-13-28(14-16-29)20-7-9-21(10-8-20)31(33)34/h1-12,17H,13-16,18H2. The Morgan fingerprint density at radius 1 is 0.919 bits per heavy atom. The predicted molar refractivity (Wildman–Crippen MR) is 136 cm³/mol. The van der Waals surface area contributed by atoms with Crippen LogP contribution in [0.15, 0.2) is 88.8 Å². The number of para-hydroxylation sites is 1. The Kier molecular flexibility index (Phi) is 6.38. The van der Waals surface area contributed by atoms with Gasteiger partial charge in [-0.05, 0) is 42.5 Å². The highest BCUT2D eigenvalue weighted by atomic mass is 32.2. The van der Waals surface area contributed by atoms with Gasteiger partial charge in [-0.15, -0.1) is 0 Å². The molecule has 0 radical (unpaired) electrons. The van der Waals surface area contributed by atoms with Crippen molar-refractivity contribution in [1.29, 1.82) is 0 Å². The second-order valence-electron chi connectivity index (χ2n) is 8.74. The van der Waals surface area contributed by atoms with Gasteiger partial charge in [0.2, 0.25) is 15.7 Å². The van der Waals surface area contributed by atoms with E-state index < -0.39 is 20.6 Å². The van der Waals surface area contributed by atoms with Crippen LogP contribution in [0.3, 0.4) is 0 Å². The molecule has 11 heteroatoms. The molecule has 5 rings (SSSR count). The average Bonchev–Trinajstić information content (AvgIpc) is 3.28. The molecule has 1 aliphatic rings. The van der Waals surface area contributed by atoms with Crippen LogP contribution >= 0.6 is 0 Å². The van der Waals surface area contributed by atoms with Gasteiger partial charge in [-0.2, -0.15) is 0 Å². The fourth-order valence-corrected chi connectivity index (χ4v) is 6.02. The maximum atomic E-state index is 13.4. The zero-order valence-electron chi connectivity index (χ0n) is 19.7. The number of piperazine rings is 1. The molecule has 37 heavy (non-hydrogen) atoms. The molecule has 9 nitrogen and oxygen atoms in total. The summed E-state index contributed by atoms with van der Waals surface area (Å²) in [7, 11) is -3.93. The van der Waals surface area contributed by atoms with Crippen molar-refractivity contribution >= 4 is 38.0 Å². The van der Waals surface area contributed by atoms with E-state index in [1.165, 1.54) is 30.5 Å². The maximum Gasteiger partial charge on any atom is 0.269 e. The predicted octanol–water partition coefficient (Wildman–Crippen LogP) is 3.87. The van der Waals surface area contributed by atoms with Crippen molar-refractivity contribution in [2.45, 2.75) is 16.3 Å². The number of carbonyl (C=O) groups is 1. The fourth-order valence-electron chi connectivity index (χ4n) is 4.54. The number of amides is 1. The number of nitro benzene ring substituents is 1. The van der Waals surface area contributed by atoms with E-state index in [9.17, 15) is 27.7 Å². The number of hydrogen-bond acceptors (Lipinski definition) is 6. The molecule has 0 saturated carbocycles. The Balaban J connectivity index is 1.33. The van der Waals surface area contributed by atoms with Crippen LogP contribution in [0.5, 0.6) is 0 Å². The molecule has 1 aliphatic heterocycles. The lowest BCUT2D eigenvalue weighted by molar-refractivity contribution is -0.384. The fraction of sp³-hybridized carbons (Fsp3) is 0.192. The monoisotopic (exact) mass is 522 g/mol. The van der Waals surface area contributed by atoms with E-state index in [4.69, 9.17) is 0 Å². The minimum Gasteiger partial charge on any atom is -0.368 e. The molecular formula is C26H23FN4O5S. The highest BCUT2D eigenvalue weighted by molar-refractivity contribution is 7.91. The molecule has 0 bridgehead atoms. The summed E-state index contributed by atoms with van der Waals surface area (Å²) >= 11 is 0. The van der Waals surface area contributed by atoms with Gasteiger partial charge in [0.15, 0.2) is 0 Å². The number of nitrogens with zero attached hydrogens (tertiary/aromatic N) is 4. The second kappa shape index (κ2) is 9.66. The first-order valence-corrected chi connectivity index (χ1v) is 13.1. The number of sulfone groups is 1. The molecule has 0 atom stereocenters. The zero-order valence-corrected chi connectivity index (χ0v) is 20.5. The minimum absolute atomic E-state index is 0.0227. The van der Waals surface area contributed by atoms with Crippen LogP contribution in [0.1, 0.15) is 0 Å². The van der Waals surface area contributed by atoms with Gasteiger partial charge >= 0.3 is 0 Å². The van der Waals surface area contributed by atoms with E-state index in [0.29, 0.717) is 37.1 Å². The topological polar surface area (TPSA) is 106 Å². The van der Waals surface area contributed by atoms with Gasteiger partial charge in [-0.25, -0.2) is 12.8 Å². The van der Waals surface area contributed by atoms with E-state index >= 15 is 0 Å². The molecule has 4 aromatic rings. The van der Waals surface area contributed by atoms with Crippen molar-refractivity contribution in [3.63, 3.8) is 0 Å².